The van der Waals surface area contributed by atoms with Gasteiger partial charge in [0.25, 0.3) is 0 Å². The quantitative estimate of drug-likeness (QED) is 0.777. The van der Waals surface area contributed by atoms with Gasteiger partial charge in [-0.25, -0.2) is 9.78 Å². The van der Waals surface area contributed by atoms with E-state index in [4.69, 9.17) is 16.7 Å². The molecule has 1 aliphatic carbocycles. The van der Waals surface area contributed by atoms with Gasteiger partial charge in [-0.15, -0.1) is 0 Å². The zero-order chi connectivity index (χ0) is 10.8. The molecule has 0 bridgehead atoms. The van der Waals surface area contributed by atoms with Crippen molar-refractivity contribution in [2.24, 2.45) is 0 Å². The molecule has 4 nitrogen and oxygen atoms in total. The fourth-order valence-electron chi connectivity index (χ4n) is 1.46. The molecule has 0 radical (unpaired) electrons. The predicted molar refractivity (Wildman–Crippen MR) is 57.5 cm³/mol. The maximum atomic E-state index is 10.8. The maximum absolute atomic E-state index is 10.8. The summed E-state index contributed by atoms with van der Waals surface area (Å²) < 4.78 is 0. The lowest BCUT2D eigenvalue weighted by molar-refractivity contribution is 0.0697. The monoisotopic (exact) mass is 226 g/mol. The van der Waals surface area contributed by atoms with Gasteiger partial charge >= 0.3 is 5.97 Å². The molecule has 5 heteroatoms. The Morgan fingerprint density at radius 3 is 2.80 bits per heavy atom. The minimum atomic E-state index is -0.990. The molecule has 1 aromatic heterocycles. The number of anilines is 1. The Balaban J connectivity index is 2.18. The lowest BCUT2D eigenvalue weighted by atomic mass is 9.93. The molecule has 0 atom stereocenters. The van der Waals surface area contributed by atoms with Crippen LogP contribution in [0.5, 0.6) is 0 Å². The highest BCUT2D eigenvalue weighted by Gasteiger charge is 2.18. The van der Waals surface area contributed by atoms with Crippen LogP contribution in [0.3, 0.4) is 0 Å². The summed E-state index contributed by atoms with van der Waals surface area (Å²) in [5.74, 6) is -0.444. The highest BCUT2D eigenvalue weighted by Crippen LogP contribution is 2.23. The second-order valence-electron chi connectivity index (χ2n) is 3.64. The summed E-state index contributed by atoms with van der Waals surface area (Å²) in [6.07, 6.45) is 3.43. The van der Waals surface area contributed by atoms with E-state index in [0.29, 0.717) is 11.9 Å². The van der Waals surface area contributed by atoms with E-state index in [1.807, 2.05) is 0 Å². The van der Waals surface area contributed by atoms with Crippen LogP contribution in [0, 0.1) is 0 Å². The molecule has 0 amide bonds. The number of aromatic nitrogens is 1. The fourth-order valence-corrected chi connectivity index (χ4v) is 1.66. The number of carboxylic acids is 1. The molecular weight excluding hydrogens is 216 g/mol. The van der Waals surface area contributed by atoms with Gasteiger partial charge in [0.15, 0.2) is 0 Å². The van der Waals surface area contributed by atoms with E-state index in [0.717, 1.165) is 12.8 Å². The molecule has 15 heavy (non-hydrogen) atoms. The first-order valence-corrected chi connectivity index (χ1v) is 5.20. The second kappa shape index (κ2) is 4.06. The number of nitrogens with zero attached hydrogens (tertiary/aromatic N) is 1. The van der Waals surface area contributed by atoms with Crippen molar-refractivity contribution in [3.05, 3.63) is 22.8 Å². The van der Waals surface area contributed by atoms with Gasteiger partial charge in [0.05, 0.1) is 5.56 Å². The molecule has 2 N–H and O–H groups in total. The van der Waals surface area contributed by atoms with E-state index in [1.54, 1.807) is 0 Å². The minimum Gasteiger partial charge on any atom is -0.478 e. The van der Waals surface area contributed by atoms with E-state index in [9.17, 15) is 4.79 Å². The summed E-state index contributed by atoms with van der Waals surface area (Å²) in [7, 11) is 0. The number of rotatable bonds is 3. The predicted octanol–water partition coefficient (Wildman–Crippen LogP) is 2.40. The number of hydrogen-bond donors (Lipinski definition) is 2. The van der Waals surface area contributed by atoms with Crippen molar-refractivity contribution in [2.45, 2.75) is 25.3 Å². The largest absolute Gasteiger partial charge is 0.478 e. The number of aromatic carboxylic acids is 1. The minimum absolute atomic E-state index is 0.164. The smallest absolute Gasteiger partial charge is 0.335 e. The van der Waals surface area contributed by atoms with Crippen LogP contribution in [0.25, 0.3) is 0 Å². The molecular formula is C10H11ClN2O2. The van der Waals surface area contributed by atoms with Crippen molar-refractivity contribution in [1.29, 1.82) is 0 Å². The average Bonchev–Trinajstić information content (AvgIpc) is 2.10. The van der Waals surface area contributed by atoms with Gasteiger partial charge in [-0.1, -0.05) is 11.6 Å². The first-order chi connectivity index (χ1) is 7.15. The van der Waals surface area contributed by atoms with Crippen molar-refractivity contribution in [3.63, 3.8) is 0 Å². The summed E-state index contributed by atoms with van der Waals surface area (Å²) in [6, 6.07) is 3.26. The van der Waals surface area contributed by atoms with E-state index in [2.05, 4.69) is 10.3 Å². The van der Waals surface area contributed by atoms with Crippen LogP contribution >= 0.6 is 11.6 Å². The average molecular weight is 227 g/mol. The Kier molecular flexibility index (Phi) is 2.77. The molecule has 1 aromatic rings. The zero-order valence-corrected chi connectivity index (χ0v) is 8.79. The molecule has 1 heterocycles. The number of pyridine rings is 1. The molecule has 0 aliphatic heterocycles. The Bertz CT molecular complexity index is 391. The van der Waals surface area contributed by atoms with Gasteiger partial charge < -0.3 is 10.4 Å². The first-order valence-electron chi connectivity index (χ1n) is 4.82. The van der Waals surface area contributed by atoms with Crippen molar-refractivity contribution in [1.82, 2.24) is 4.98 Å². The van der Waals surface area contributed by atoms with Crippen molar-refractivity contribution < 1.29 is 9.90 Å². The molecule has 80 valence electrons. The molecule has 0 saturated heterocycles. The Morgan fingerprint density at radius 1 is 1.53 bits per heavy atom. The summed E-state index contributed by atoms with van der Waals surface area (Å²) in [5, 5.41) is 12.2. The van der Waals surface area contributed by atoms with E-state index < -0.39 is 5.97 Å². The standard InChI is InChI=1S/C10H11ClN2O2/c11-8-4-6(10(14)15)5-9(13-8)12-7-2-1-3-7/h4-5,7H,1-3H2,(H,12,13)(H,14,15). The van der Waals surface area contributed by atoms with Gasteiger partial charge in [0.2, 0.25) is 0 Å². The summed E-state index contributed by atoms with van der Waals surface area (Å²) in [5.41, 5.74) is 0.164. The molecule has 0 spiro atoms. The van der Waals surface area contributed by atoms with Crippen molar-refractivity contribution in [3.8, 4) is 0 Å². The highest BCUT2D eigenvalue weighted by molar-refractivity contribution is 6.29. The number of hydrogen-bond acceptors (Lipinski definition) is 3. The fraction of sp³-hybridized carbons (Fsp3) is 0.400. The molecule has 1 fully saturated rings. The molecule has 0 aromatic carbocycles. The van der Waals surface area contributed by atoms with Crippen LogP contribution in [-0.4, -0.2) is 22.1 Å². The van der Waals surface area contributed by atoms with Gasteiger partial charge in [0, 0.05) is 6.04 Å². The van der Waals surface area contributed by atoms with E-state index >= 15 is 0 Å². The lowest BCUT2D eigenvalue weighted by Gasteiger charge is -2.26. The third-order valence-electron chi connectivity index (χ3n) is 2.50. The molecule has 0 unspecified atom stereocenters. The zero-order valence-electron chi connectivity index (χ0n) is 8.03. The van der Waals surface area contributed by atoms with Crippen molar-refractivity contribution >= 4 is 23.4 Å². The number of nitrogens with one attached hydrogen (secondary N) is 1. The second-order valence-corrected chi connectivity index (χ2v) is 4.03. The maximum Gasteiger partial charge on any atom is 0.335 e. The van der Waals surface area contributed by atoms with Crippen LogP contribution in [0.1, 0.15) is 29.6 Å². The Morgan fingerprint density at radius 2 is 2.27 bits per heavy atom. The van der Waals surface area contributed by atoms with E-state index in [-0.39, 0.29) is 10.7 Å². The van der Waals surface area contributed by atoms with Crippen LogP contribution in [-0.2, 0) is 0 Å². The number of carboxylic acid groups (broad SMARTS) is 1. The third kappa shape index (κ3) is 2.39. The highest BCUT2D eigenvalue weighted by atomic mass is 35.5. The topological polar surface area (TPSA) is 62.2 Å². The SMILES string of the molecule is O=C(O)c1cc(Cl)nc(NC2CCC2)c1. The van der Waals surface area contributed by atoms with E-state index in [1.165, 1.54) is 18.6 Å². The van der Waals surface area contributed by atoms with Crippen LogP contribution < -0.4 is 5.32 Å². The van der Waals surface area contributed by atoms with Gasteiger partial charge in [-0.05, 0) is 31.4 Å². The van der Waals surface area contributed by atoms with Crippen LogP contribution in [0.15, 0.2) is 12.1 Å². The van der Waals surface area contributed by atoms with Crippen LogP contribution in [0.2, 0.25) is 5.15 Å². The van der Waals surface area contributed by atoms with Gasteiger partial charge in [-0.3, -0.25) is 0 Å². The lowest BCUT2D eigenvalue weighted by Crippen LogP contribution is -2.27. The number of carbonyl (C=O) groups is 1. The van der Waals surface area contributed by atoms with Crippen molar-refractivity contribution in [2.75, 3.05) is 5.32 Å². The Hall–Kier alpha value is -1.29. The summed E-state index contributed by atoms with van der Waals surface area (Å²) in [6.45, 7) is 0. The molecule has 1 saturated carbocycles. The molecule has 2 rings (SSSR count). The molecule has 1 aliphatic rings. The summed E-state index contributed by atoms with van der Waals surface area (Å²) >= 11 is 5.72. The van der Waals surface area contributed by atoms with Gasteiger partial charge in [0.1, 0.15) is 11.0 Å². The third-order valence-corrected chi connectivity index (χ3v) is 2.69. The summed E-state index contributed by atoms with van der Waals surface area (Å²) in [4.78, 5) is 14.8. The number of halogens is 1. The Labute approximate surface area is 92.3 Å². The van der Waals surface area contributed by atoms with Crippen LogP contribution in [0.4, 0.5) is 5.82 Å². The first kappa shape index (κ1) is 10.2. The van der Waals surface area contributed by atoms with Gasteiger partial charge in [-0.2, -0.15) is 0 Å². The normalized spacial score (nSPS) is 15.8.